The predicted octanol–water partition coefficient (Wildman–Crippen LogP) is 3.65. The summed E-state index contributed by atoms with van der Waals surface area (Å²) in [5, 5.41) is 11.1. The number of hydrogen-bond donors (Lipinski definition) is 1. The Kier molecular flexibility index (Phi) is 2.10. The monoisotopic (exact) mass is 246 g/mol. The van der Waals surface area contributed by atoms with Crippen molar-refractivity contribution < 1.29 is 13.9 Å². The van der Waals surface area contributed by atoms with Gasteiger partial charge in [0.1, 0.15) is 23.3 Å². The van der Waals surface area contributed by atoms with E-state index >= 15 is 0 Å². The third kappa shape index (κ3) is 1.43. The van der Waals surface area contributed by atoms with Crippen LogP contribution in [0.15, 0.2) is 28.7 Å². The molecule has 2 aromatic rings. The number of fused-ring (bicyclic) bond motifs is 2. The maximum absolute atomic E-state index is 13.1. The molecule has 3 unspecified atom stereocenters. The molecule has 1 N–H and O–H groups in total. The molecule has 2 aliphatic carbocycles. The van der Waals surface area contributed by atoms with E-state index in [1.54, 1.807) is 12.1 Å². The molecular formula is C15H15FO2. The molecule has 1 heterocycles. The molecule has 18 heavy (non-hydrogen) atoms. The summed E-state index contributed by atoms with van der Waals surface area (Å²) in [6.07, 6.45) is 3.25. The number of aliphatic hydroxyl groups excluding tert-OH is 1. The molecule has 0 radical (unpaired) electrons. The van der Waals surface area contributed by atoms with Crippen molar-refractivity contribution in [2.75, 3.05) is 0 Å². The van der Waals surface area contributed by atoms with Crippen molar-refractivity contribution in [1.82, 2.24) is 0 Å². The Morgan fingerprint density at radius 3 is 2.78 bits per heavy atom. The van der Waals surface area contributed by atoms with Gasteiger partial charge >= 0.3 is 0 Å². The maximum Gasteiger partial charge on any atom is 0.134 e. The van der Waals surface area contributed by atoms with Gasteiger partial charge in [-0.25, -0.2) is 4.39 Å². The lowest BCUT2D eigenvalue weighted by Gasteiger charge is -2.09. The van der Waals surface area contributed by atoms with E-state index < -0.39 is 6.10 Å². The minimum atomic E-state index is -0.518. The van der Waals surface area contributed by atoms with E-state index in [9.17, 15) is 9.50 Å². The van der Waals surface area contributed by atoms with Crippen LogP contribution in [0.4, 0.5) is 4.39 Å². The fraction of sp³-hybridized carbons (Fsp3) is 0.467. The zero-order valence-electron chi connectivity index (χ0n) is 9.97. The number of aliphatic hydroxyl groups is 1. The number of hydrogen-bond acceptors (Lipinski definition) is 2. The highest BCUT2D eigenvalue weighted by Gasteiger charge is 2.56. The lowest BCUT2D eigenvalue weighted by Crippen LogP contribution is -2.02. The number of benzene rings is 1. The zero-order chi connectivity index (χ0) is 12.3. The molecule has 0 bridgehead atoms. The number of furan rings is 1. The first-order valence-corrected chi connectivity index (χ1v) is 6.61. The van der Waals surface area contributed by atoms with Crippen LogP contribution >= 0.6 is 0 Å². The first-order valence-electron chi connectivity index (χ1n) is 6.61. The first-order chi connectivity index (χ1) is 8.74. The Bertz CT molecular complexity index is 594. The van der Waals surface area contributed by atoms with Crippen molar-refractivity contribution in [2.24, 2.45) is 17.8 Å². The molecule has 1 aromatic heterocycles. The molecule has 2 aliphatic rings. The van der Waals surface area contributed by atoms with Gasteiger partial charge in [0.2, 0.25) is 0 Å². The van der Waals surface area contributed by atoms with Crippen molar-refractivity contribution in [2.45, 2.75) is 25.4 Å². The van der Waals surface area contributed by atoms with Crippen molar-refractivity contribution >= 4 is 11.0 Å². The fourth-order valence-corrected chi connectivity index (χ4v) is 3.72. The van der Waals surface area contributed by atoms with E-state index in [1.807, 2.05) is 0 Å². The summed E-state index contributed by atoms with van der Waals surface area (Å²) in [6, 6.07) is 6.22. The largest absolute Gasteiger partial charge is 0.458 e. The number of halogens is 1. The van der Waals surface area contributed by atoms with Crippen molar-refractivity contribution in [1.29, 1.82) is 0 Å². The second kappa shape index (κ2) is 3.58. The SMILES string of the molecule is OC(c1cc2cc(F)ccc2o1)C1C2CCCC21. The van der Waals surface area contributed by atoms with Crippen molar-refractivity contribution in [3.8, 4) is 0 Å². The van der Waals surface area contributed by atoms with Crippen LogP contribution in [-0.2, 0) is 0 Å². The van der Waals surface area contributed by atoms with Gasteiger partial charge in [0, 0.05) is 5.39 Å². The van der Waals surface area contributed by atoms with E-state index in [0.29, 0.717) is 29.1 Å². The fourth-order valence-electron chi connectivity index (χ4n) is 3.72. The van der Waals surface area contributed by atoms with Gasteiger partial charge < -0.3 is 9.52 Å². The highest BCUT2D eigenvalue weighted by molar-refractivity contribution is 5.78. The van der Waals surface area contributed by atoms with Crippen LogP contribution in [0.25, 0.3) is 11.0 Å². The molecule has 0 aliphatic heterocycles. The summed E-state index contributed by atoms with van der Waals surface area (Å²) in [5.74, 6) is 2.06. The van der Waals surface area contributed by atoms with E-state index in [1.165, 1.54) is 31.4 Å². The average Bonchev–Trinajstić information content (AvgIpc) is 2.77. The summed E-state index contributed by atoms with van der Waals surface area (Å²) in [4.78, 5) is 0. The summed E-state index contributed by atoms with van der Waals surface area (Å²) in [6.45, 7) is 0. The first kappa shape index (κ1) is 10.6. The van der Waals surface area contributed by atoms with Crippen molar-refractivity contribution in [3.05, 3.63) is 35.8 Å². The predicted molar refractivity (Wildman–Crippen MR) is 65.5 cm³/mol. The Morgan fingerprint density at radius 2 is 2.00 bits per heavy atom. The average molecular weight is 246 g/mol. The third-order valence-electron chi connectivity index (χ3n) is 4.63. The molecule has 3 heteroatoms. The molecule has 94 valence electrons. The Hall–Kier alpha value is -1.35. The summed E-state index contributed by atoms with van der Waals surface area (Å²) >= 11 is 0. The maximum atomic E-state index is 13.1. The lowest BCUT2D eigenvalue weighted by atomic mass is 10.0. The molecule has 0 amide bonds. The van der Waals surface area contributed by atoms with Crippen LogP contribution in [-0.4, -0.2) is 5.11 Å². The van der Waals surface area contributed by atoms with Gasteiger partial charge in [0.05, 0.1) is 0 Å². The van der Waals surface area contributed by atoms with Gasteiger partial charge in [-0.15, -0.1) is 0 Å². The smallest absolute Gasteiger partial charge is 0.134 e. The highest BCUT2D eigenvalue weighted by atomic mass is 19.1. The van der Waals surface area contributed by atoms with Crippen LogP contribution in [0, 0.1) is 23.6 Å². The lowest BCUT2D eigenvalue weighted by molar-refractivity contribution is 0.114. The molecule has 0 spiro atoms. The second-order valence-corrected chi connectivity index (χ2v) is 5.61. The van der Waals surface area contributed by atoms with E-state index in [2.05, 4.69) is 0 Å². The summed E-state index contributed by atoms with van der Waals surface area (Å²) < 4.78 is 18.7. The van der Waals surface area contributed by atoms with E-state index in [0.717, 1.165) is 5.39 Å². The van der Waals surface area contributed by atoms with Gasteiger partial charge in [-0.1, -0.05) is 6.42 Å². The van der Waals surface area contributed by atoms with Gasteiger partial charge in [-0.3, -0.25) is 0 Å². The van der Waals surface area contributed by atoms with Crippen molar-refractivity contribution in [3.63, 3.8) is 0 Å². The molecule has 2 fully saturated rings. The van der Waals surface area contributed by atoms with Gasteiger partial charge in [0.25, 0.3) is 0 Å². The second-order valence-electron chi connectivity index (χ2n) is 5.61. The molecule has 4 rings (SSSR count). The topological polar surface area (TPSA) is 33.4 Å². The Labute approximate surface area is 104 Å². The van der Waals surface area contributed by atoms with E-state index in [-0.39, 0.29) is 5.82 Å². The van der Waals surface area contributed by atoms with Gasteiger partial charge in [0.15, 0.2) is 0 Å². The van der Waals surface area contributed by atoms with Crippen LogP contribution < -0.4 is 0 Å². The Balaban J connectivity index is 1.66. The van der Waals surface area contributed by atoms with Crippen LogP contribution in [0.3, 0.4) is 0 Å². The normalized spacial score (nSPS) is 31.6. The molecule has 2 saturated carbocycles. The molecular weight excluding hydrogens is 231 g/mol. The third-order valence-corrected chi connectivity index (χ3v) is 4.63. The zero-order valence-corrected chi connectivity index (χ0v) is 9.97. The van der Waals surface area contributed by atoms with Gasteiger partial charge in [-0.2, -0.15) is 0 Å². The van der Waals surface area contributed by atoms with Crippen LogP contribution in [0.2, 0.25) is 0 Å². The standard InChI is InChI=1S/C15H15FO2/c16-9-4-5-12-8(6-9)7-13(18-12)15(17)14-10-2-1-3-11(10)14/h4-7,10-11,14-15,17H,1-3H2. The summed E-state index contributed by atoms with van der Waals surface area (Å²) in [7, 11) is 0. The highest BCUT2D eigenvalue weighted by Crippen LogP contribution is 2.62. The molecule has 1 aromatic carbocycles. The quantitative estimate of drug-likeness (QED) is 0.877. The van der Waals surface area contributed by atoms with E-state index in [4.69, 9.17) is 4.42 Å². The van der Waals surface area contributed by atoms with Crippen LogP contribution in [0.1, 0.15) is 31.1 Å². The molecule has 2 nitrogen and oxygen atoms in total. The summed E-state index contributed by atoms with van der Waals surface area (Å²) in [5.41, 5.74) is 0.649. The molecule has 3 atom stereocenters. The number of rotatable bonds is 2. The minimum absolute atomic E-state index is 0.271. The van der Waals surface area contributed by atoms with Gasteiger partial charge in [-0.05, 0) is 54.9 Å². The molecule has 0 saturated heterocycles. The van der Waals surface area contributed by atoms with Crippen LogP contribution in [0.5, 0.6) is 0 Å². The Morgan fingerprint density at radius 1 is 1.22 bits per heavy atom. The minimum Gasteiger partial charge on any atom is -0.458 e.